The maximum atomic E-state index is 12.2. The van der Waals surface area contributed by atoms with Gasteiger partial charge in [-0.3, -0.25) is 4.79 Å². The molecule has 7 nitrogen and oxygen atoms in total. The molecule has 1 aliphatic heterocycles. The number of urea groups is 1. The molecule has 5 N–H and O–H groups in total. The number of carbonyl (C=O) groups is 2. The first kappa shape index (κ1) is 19.6. The van der Waals surface area contributed by atoms with E-state index in [1.807, 2.05) is 0 Å². The number of nitrogens with zero attached hydrogens (tertiary/aromatic N) is 1. The van der Waals surface area contributed by atoms with Crippen LogP contribution in [0, 0.1) is 5.92 Å². The predicted molar refractivity (Wildman–Crippen MR) is 108 cm³/mol. The van der Waals surface area contributed by atoms with Gasteiger partial charge in [0, 0.05) is 29.9 Å². The van der Waals surface area contributed by atoms with Crippen LogP contribution in [0.1, 0.15) is 38.5 Å². The molecule has 1 saturated heterocycles. The van der Waals surface area contributed by atoms with E-state index in [0.717, 1.165) is 50.9 Å². The number of nitrogens with one attached hydrogen (secondary N) is 3. The Morgan fingerprint density at radius 1 is 1.04 bits per heavy atom. The van der Waals surface area contributed by atoms with Crippen molar-refractivity contribution in [2.75, 3.05) is 30.8 Å². The van der Waals surface area contributed by atoms with E-state index in [-0.39, 0.29) is 29.9 Å². The molecule has 1 aliphatic carbocycles. The van der Waals surface area contributed by atoms with E-state index in [9.17, 15) is 9.59 Å². The maximum Gasteiger partial charge on any atom is 0.319 e. The van der Waals surface area contributed by atoms with Crippen molar-refractivity contribution < 1.29 is 9.59 Å². The molecule has 7 heteroatoms. The maximum absolute atomic E-state index is 12.2. The van der Waals surface area contributed by atoms with Gasteiger partial charge in [0.25, 0.3) is 0 Å². The topological polar surface area (TPSA) is 99.5 Å². The Labute approximate surface area is 161 Å². The highest BCUT2D eigenvalue weighted by Gasteiger charge is 2.26. The molecule has 0 unspecified atom stereocenters. The summed E-state index contributed by atoms with van der Waals surface area (Å²) in [5, 5.41) is 8.79. The minimum atomic E-state index is -0.184. The van der Waals surface area contributed by atoms with Crippen LogP contribution in [-0.4, -0.2) is 49.1 Å². The standard InChI is InChI=1S/C20H31N5O2/c1-25-11-9-17(10-12-25)24-20(27)23-16-7-5-15(6-8-16)22-19(26)13-14-3-2-4-18(14)21/h5-8,14,17-18H,2-4,9-13,21H2,1H3,(H,22,26)(H2,23,24,27)/t14-,18+/m0/s1. The Kier molecular flexibility index (Phi) is 6.68. The number of amides is 3. The highest BCUT2D eigenvalue weighted by atomic mass is 16.2. The van der Waals surface area contributed by atoms with Crippen LogP contribution < -0.4 is 21.7 Å². The molecule has 0 aromatic heterocycles. The average Bonchev–Trinajstić information content (AvgIpc) is 3.03. The molecule has 0 bridgehead atoms. The number of hydrogen-bond acceptors (Lipinski definition) is 4. The summed E-state index contributed by atoms with van der Waals surface area (Å²) in [7, 11) is 2.10. The molecule has 1 aromatic rings. The van der Waals surface area contributed by atoms with Crippen molar-refractivity contribution in [1.82, 2.24) is 10.2 Å². The summed E-state index contributed by atoms with van der Waals surface area (Å²) in [4.78, 5) is 26.6. The van der Waals surface area contributed by atoms with Gasteiger partial charge in [-0.25, -0.2) is 4.79 Å². The fourth-order valence-electron chi connectivity index (χ4n) is 3.91. The zero-order valence-corrected chi connectivity index (χ0v) is 16.0. The molecule has 1 saturated carbocycles. The Morgan fingerprint density at radius 2 is 1.67 bits per heavy atom. The van der Waals surface area contributed by atoms with Crippen molar-refractivity contribution in [1.29, 1.82) is 0 Å². The van der Waals surface area contributed by atoms with Gasteiger partial charge in [0.15, 0.2) is 0 Å². The van der Waals surface area contributed by atoms with Gasteiger partial charge < -0.3 is 26.6 Å². The number of carbonyl (C=O) groups excluding carboxylic acids is 2. The Balaban J connectivity index is 1.42. The van der Waals surface area contributed by atoms with Crippen molar-refractivity contribution in [2.45, 2.75) is 50.6 Å². The molecule has 0 radical (unpaired) electrons. The first-order valence-corrected chi connectivity index (χ1v) is 9.91. The van der Waals surface area contributed by atoms with Gasteiger partial charge in [0.05, 0.1) is 0 Å². The minimum Gasteiger partial charge on any atom is -0.335 e. The lowest BCUT2D eigenvalue weighted by Crippen LogP contribution is -2.44. The predicted octanol–water partition coefficient (Wildman–Crippen LogP) is 2.36. The summed E-state index contributed by atoms with van der Waals surface area (Å²) < 4.78 is 0. The molecule has 27 heavy (non-hydrogen) atoms. The van der Waals surface area contributed by atoms with E-state index >= 15 is 0 Å². The fourth-order valence-corrected chi connectivity index (χ4v) is 3.91. The summed E-state index contributed by atoms with van der Waals surface area (Å²) in [6, 6.07) is 7.38. The van der Waals surface area contributed by atoms with Gasteiger partial charge in [-0.15, -0.1) is 0 Å². The van der Waals surface area contributed by atoms with E-state index in [1.165, 1.54) is 0 Å². The van der Waals surface area contributed by atoms with Gasteiger partial charge in [-0.2, -0.15) is 0 Å². The first-order valence-electron chi connectivity index (χ1n) is 9.91. The molecule has 3 rings (SSSR count). The molecule has 2 fully saturated rings. The van der Waals surface area contributed by atoms with Crippen molar-refractivity contribution in [3.05, 3.63) is 24.3 Å². The Bertz CT molecular complexity index is 640. The summed E-state index contributed by atoms with van der Waals surface area (Å²) in [5.74, 6) is 0.285. The van der Waals surface area contributed by atoms with Gasteiger partial charge in [0.1, 0.15) is 0 Å². The van der Waals surface area contributed by atoms with Gasteiger partial charge >= 0.3 is 6.03 Å². The molecule has 148 valence electrons. The monoisotopic (exact) mass is 373 g/mol. The van der Waals surface area contributed by atoms with Crippen molar-refractivity contribution in [2.24, 2.45) is 11.7 Å². The molecule has 2 aliphatic rings. The van der Waals surface area contributed by atoms with Crippen LogP contribution >= 0.6 is 0 Å². The molecule has 0 spiro atoms. The fraction of sp³-hybridized carbons (Fsp3) is 0.600. The van der Waals surface area contributed by atoms with E-state index in [1.54, 1.807) is 24.3 Å². The zero-order valence-electron chi connectivity index (χ0n) is 16.0. The zero-order chi connectivity index (χ0) is 19.2. The molecule has 3 amide bonds. The second-order valence-electron chi connectivity index (χ2n) is 7.86. The number of benzene rings is 1. The van der Waals surface area contributed by atoms with E-state index < -0.39 is 0 Å². The second-order valence-corrected chi connectivity index (χ2v) is 7.86. The third kappa shape index (κ3) is 5.94. The van der Waals surface area contributed by atoms with Crippen LogP contribution in [0.2, 0.25) is 0 Å². The van der Waals surface area contributed by atoms with Crippen LogP contribution in [0.5, 0.6) is 0 Å². The van der Waals surface area contributed by atoms with Crippen molar-refractivity contribution in [3.8, 4) is 0 Å². The lowest BCUT2D eigenvalue weighted by Gasteiger charge is -2.29. The summed E-state index contributed by atoms with van der Waals surface area (Å²) in [6.07, 6.45) is 5.57. The number of nitrogens with two attached hydrogens (primary N) is 1. The third-order valence-corrected chi connectivity index (χ3v) is 5.65. The molecule has 1 aromatic carbocycles. The third-order valence-electron chi connectivity index (χ3n) is 5.65. The SMILES string of the molecule is CN1CCC(NC(=O)Nc2ccc(NC(=O)C[C@@H]3CCC[C@H]3N)cc2)CC1. The van der Waals surface area contributed by atoms with Crippen LogP contribution in [0.3, 0.4) is 0 Å². The highest BCUT2D eigenvalue weighted by Crippen LogP contribution is 2.27. The summed E-state index contributed by atoms with van der Waals surface area (Å²) in [5.41, 5.74) is 7.47. The number of likely N-dealkylation sites (tertiary alicyclic amines) is 1. The van der Waals surface area contributed by atoms with Gasteiger partial charge in [-0.1, -0.05) is 6.42 Å². The Morgan fingerprint density at radius 3 is 2.26 bits per heavy atom. The second kappa shape index (κ2) is 9.19. The smallest absolute Gasteiger partial charge is 0.319 e. The van der Waals surface area contributed by atoms with E-state index in [4.69, 9.17) is 5.73 Å². The van der Waals surface area contributed by atoms with Crippen LogP contribution in [0.4, 0.5) is 16.2 Å². The minimum absolute atomic E-state index is 0.00179. The van der Waals surface area contributed by atoms with Crippen molar-refractivity contribution in [3.63, 3.8) is 0 Å². The van der Waals surface area contributed by atoms with Gasteiger partial charge in [-0.05, 0) is 76.0 Å². The van der Waals surface area contributed by atoms with Crippen LogP contribution in [0.25, 0.3) is 0 Å². The van der Waals surface area contributed by atoms with E-state index in [0.29, 0.717) is 12.1 Å². The largest absolute Gasteiger partial charge is 0.335 e. The average molecular weight is 374 g/mol. The number of piperidine rings is 1. The molecule has 1 heterocycles. The van der Waals surface area contributed by atoms with E-state index in [2.05, 4.69) is 27.9 Å². The Hall–Kier alpha value is -2.12. The quantitative estimate of drug-likeness (QED) is 0.637. The van der Waals surface area contributed by atoms with Crippen molar-refractivity contribution >= 4 is 23.3 Å². The lowest BCUT2D eigenvalue weighted by molar-refractivity contribution is -0.117. The van der Waals surface area contributed by atoms with Gasteiger partial charge in [0.2, 0.25) is 5.91 Å². The lowest BCUT2D eigenvalue weighted by atomic mass is 10.00. The normalized spacial score (nSPS) is 23.8. The number of rotatable bonds is 5. The number of anilines is 2. The summed E-state index contributed by atoms with van der Waals surface area (Å²) >= 11 is 0. The molecule has 2 atom stereocenters. The highest BCUT2D eigenvalue weighted by molar-refractivity contribution is 5.92. The van der Waals surface area contributed by atoms with Crippen LogP contribution in [0.15, 0.2) is 24.3 Å². The number of hydrogen-bond donors (Lipinski definition) is 4. The summed E-state index contributed by atoms with van der Waals surface area (Å²) in [6.45, 7) is 2.01. The molecular formula is C20H31N5O2. The first-order chi connectivity index (χ1) is 13.0. The van der Waals surface area contributed by atoms with Crippen LogP contribution in [-0.2, 0) is 4.79 Å². The molecular weight excluding hydrogens is 342 g/mol.